The molecule has 6 nitrogen and oxygen atoms in total. The Morgan fingerprint density at radius 1 is 1.23 bits per heavy atom. The fourth-order valence-corrected chi connectivity index (χ4v) is 3.72. The molecule has 1 N–H and O–H groups in total. The number of carbonyl (C=O) groups excluding carboxylic acids is 2. The van der Waals surface area contributed by atoms with E-state index in [4.69, 9.17) is 27.9 Å². The van der Waals surface area contributed by atoms with E-state index in [1.165, 1.54) is 6.08 Å². The maximum absolute atomic E-state index is 12.7. The number of amides is 2. The molecule has 1 aliphatic heterocycles. The van der Waals surface area contributed by atoms with Crippen molar-refractivity contribution in [2.45, 2.75) is 19.4 Å². The van der Waals surface area contributed by atoms with Gasteiger partial charge >= 0.3 is 0 Å². The molecular weight excluding hydrogens is 437 g/mol. The van der Waals surface area contributed by atoms with Crippen molar-refractivity contribution >= 4 is 52.5 Å². The molecule has 0 bridgehead atoms. The smallest absolute Gasteiger partial charge is 0.267 e. The van der Waals surface area contributed by atoms with Gasteiger partial charge in [-0.25, -0.2) is 0 Å². The lowest BCUT2D eigenvalue weighted by Crippen LogP contribution is -2.45. The Balaban J connectivity index is 1.74. The van der Waals surface area contributed by atoms with Gasteiger partial charge in [-0.05, 0) is 76.0 Å². The average Bonchev–Trinajstić information content (AvgIpc) is 2.70. The number of halogens is 2. The number of anilines is 2. The number of rotatable bonds is 7. The highest BCUT2D eigenvalue weighted by Gasteiger charge is 2.31. The summed E-state index contributed by atoms with van der Waals surface area (Å²) >= 11 is 12.0. The first-order valence-corrected chi connectivity index (χ1v) is 10.7. The van der Waals surface area contributed by atoms with Crippen LogP contribution in [0, 0.1) is 0 Å². The maximum Gasteiger partial charge on any atom is 0.267 e. The highest BCUT2D eigenvalue weighted by Crippen LogP contribution is 2.36. The third-order valence-electron chi connectivity index (χ3n) is 4.80. The van der Waals surface area contributed by atoms with Crippen LogP contribution < -0.4 is 15.0 Å². The second-order valence-corrected chi connectivity index (χ2v) is 8.42. The maximum atomic E-state index is 12.7. The molecule has 8 heteroatoms. The molecule has 0 radical (unpaired) electrons. The highest BCUT2D eigenvalue weighted by atomic mass is 35.5. The van der Waals surface area contributed by atoms with Crippen molar-refractivity contribution < 1.29 is 14.3 Å². The highest BCUT2D eigenvalue weighted by molar-refractivity contribution is 6.35. The van der Waals surface area contributed by atoms with Crippen LogP contribution in [-0.4, -0.2) is 50.0 Å². The summed E-state index contributed by atoms with van der Waals surface area (Å²) in [7, 11) is 3.99. The van der Waals surface area contributed by atoms with Gasteiger partial charge in [-0.1, -0.05) is 29.3 Å². The second-order valence-electron chi connectivity index (χ2n) is 7.58. The van der Waals surface area contributed by atoms with Crippen molar-refractivity contribution in [3.05, 3.63) is 58.1 Å². The molecule has 0 spiro atoms. The van der Waals surface area contributed by atoms with Crippen LogP contribution in [0.2, 0.25) is 10.0 Å². The average molecular weight is 462 g/mol. The Labute approximate surface area is 192 Å². The topological polar surface area (TPSA) is 61.9 Å². The second kappa shape index (κ2) is 10.2. The molecule has 2 amide bonds. The first-order valence-electron chi connectivity index (χ1n) is 9.95. The van der Waals surface area contributed by atoms with Gasteiger partial charge < -0.3 is 19.9 Å². The lowest BCUT2D eigenvalue weighted by atomic mass is 10.1. The first kappa shape index (κ1) is 23.1. The zero-order valence-electron chi connectivity index (χ0n) is 17.7. The third-order valence-corrected chi connectivity index (χ3v) is 5.36. The van der Waals surface area contributed by atoms with Gasteiger partial charge in [-0.2, -0.15) is 0 Å². The van der Waals surface area contributed by atoms with E-state index in [1.54, 1.807) is 54.3 Å². The van der Waals surface area contributed by atoms with Crippen LogP contribution in [0.5, 0.6) is 5.75 Å². The molecule has 1 unspecified atom stereocenters. The fourth-order valence-electron chi connectivity index (χ4n) is 3.25. The molecule has 1 atom stereocenters. The molecule has 0 saturated carbocycles. The number of ether oxygens (including phenoxy) is 1. The minimum absolute atomic E-state index is 0.0907. The van der Waals surface area contributed by atoms with E-state index in [-0.39, 0.29) is 11.8 Å². The molecule has 164 valence electrons. The zero-order valence-corrected chi connectivity index (χ0v) is 19.2. The number of fused-ring (bicyclic) bond motifs is 1. The number of benzene rings is 2. The molecule has 0 saturated heterocycles. The minimum Gasteiger partial charge on any atom is -0.479 e. The van der Waals surface area contributed by atoms with Crippen molar-refractivity contribution in [2.75, 3.05) is 37.4 Å². The summed E-state index contributed by atoms with van der Waals surface area (Å²) in [6.07, 6.45) is 3.30. The van der Waals surface area contributed by atoms with Crippen molar-refractivity contribution in [1.29, 1.82) is 0 Å². The monoisotopic (exact) mass is 461 g/mol. The van der Waals surface area contributed by atoms with E-state index in [9.17, 15) is 9.59 Å². The van der Waals surface area contributed by atoms with Gasteiger partial charge in [0, 0.05) is 28.4 Å². The summed E-state index contributed by atoms with van der Waals surface area (Å²) < 4.78 is 5.74. The van der Waals surface area contributed by atoms with E-state index < -0.39 is 6.10 Å². The quantitative estimate of drug-likeness (QED) is 0.606. The van der Waals surface area contributed by atoms with Gasteiger partial charge in [-0.15, -0.1) is 0 Å². The number of hydrogen-bond acceptors (Lipinski definition) is 4. The lowest BCUT2D eigenvalue weighted by molar-refractivity contribution is -0.125. The summed E-state index contributed by atoms with van der Waals surface area (Å²) in [5, 5.41) is 3.81. The van der Waals surface area contributed by atoms with Crippen LogP contribution in [0.4, 0.5) is 11.4 Å². The molecule has 2 aromatic rings. The number of nitrogens with zero attached hydrogens (tertiary/aromatic N) is 2. The molecule has 1 aliphatic rings. The molecule has 0 aromatic heterocycles. The summed E-state index contributed by atoms with van der Waals surface area (Å²) in [5.74, 6) is 0.215. The van der Waals surface area contributed by atoms with E-state index in [1.807, 2.05) is 14.1 Å². The van der Waals surface area contributed by atoms with Crippen molar-refractivity contribution in [3.8, 4) is 5.75 Å². The minimum atomic E-state index is -0.542. The Morgan fingerprint density at radius 2 is 2.00 bits per heavy atom. The zero-order chi connectivity index (χ0) is 22.5. The van der Waals surface area contributed by atoms with Crippen molar-refractivity contribution in [2.24, 2.45) is 0 Å². The largest absolute Gasteiger partial charge is 0.479 e. The van der Waals surface area contributed by atoms with Crippen LogP contribution in [0.25, 0.3) is 6.08 Å². The van der Waals surface area contributed by atoms with Crippen LogP contribution in [0.15, 0.2) is 42.5 Å². The van der Waals surface area contributed by atoms with Crippen LogP contribution >= 0.6 is 23.2 Å². The van der Waals surface area contributed by atoms with E-state index in [2.05, 4.69) is 10.2 Å². The Morgan fingerprint density at radius 3 is 2.71 bits per heavy atom. The van der Waals surface area contributed by atoms with Gasteiger partial charge in [0.15, 0.2) is 6.10 Å². The molecule has 3 rings (SSSR count). The Kier molecular flexibility index (Phi) is 7.59. The first-order chi connectivity index (χ1) is 14.7. The summed E-state index contributed by atoms with van der Waals surface area (Å²) in [4.78, 5) is 28.9. The third kappa shape index (κ3) is 6.00. The predicted molar refractivity (Wildman–Crippen MR) is 126 cm³/mol. The predicted octanol–water partition coefficient (Wildman–Crippen LogP) is 4.71. The standard InChI is InChI=1S/C23H25Cl2N3O3/c1-15-23(30)28(12-4-11-27(2)3)20-14-18(8-9-21(20)31-15)26-22(29)10-6-16-5-7-17(24)13-19(16)25/h5-10,13-15H,4,11-12H2,1-3H3,(H,26,29)/b10-6+. The Hall–Kier alpha value is -2.54. The summed E-state index contributed by atoms with van der Waals surface area (Å²) in [6, 6.07) is 10.3. The lowest BCUT2D eigenvalue weighted by Gasteiger charge is -2.33. The van der Waals surface area contributed by atoms with E-state index in [0.29, 0.717) is 39.3 Å². The number of carbonyl (C=O) groups is 2. The molecule has 2 aromatic carbocycles. The SMILES string of the molecule is CC1Oc2ccc(NC(=O)/C=C/c3ccc(Cl)cc3Cl)cc2N(CCCN(C)C)C1=O. The van der Waals surface area contributed by atoms with E-state index in [0.717, 1.165) is 13.0 Å². The van der Waals surface area contributed by atoms with Crippen LogP contribution in [-0.2, 0) is 9.59 Å². The van der Waals surface area contributed by atoms with Gasteiger partial charge in [0.05, 0.1) is 5.69 Å². The van der Waals surface area contributed by atoms with Crippen molar-refractivity contribution in [1.82, 2.24) is 4.90 Å². The fraction of sp³-hybridized carbons (Fsp3) is 0.304. The van der Waals surface area contributed by atoms with Gasteiger partial charge in [0.25, 0.3) is 5.91 Å². The molecule has 0 aliphatic carbocycles. The summed E-state index contributed by atoms with van der Waals surface area (Å²) in [6.45, 7) is 3.18. The normalized spacial score (nSPS) is 15.9. The van der Waals surface area contributed by atoms with Crippen molar-refractivity contribution in [3.63, 3.8) is 0 Å². The van der Waals surface area contributed by atoms with Crippen LogP contribution in [0.1, 0.15) is 18.9 Å². The molecule has 0 fully saturated rings. The molecular formula is C23H25Cl2N3O3. The Bertz CT molecular complexity index is 1010. The molecule has 1 heterocycles. The van der Waals surface area contributed by atoms with Gasteiger partial charge in [0.2, 0.25) is 5.91 Å². The van der Waals surface area contributed by atoms with Gasteiger partial charge in [0.1, 0.15) is 5.75 Å². The van der Waals surface area contributed by atoms with Crippen LogP contribution in [0.3, 0.4) is 0 Å². The van der Waals surface area contributed by atoms with E-state index >= 15 is 0 Å². The number of hydrogen-bond donors (Lipinski definition) is 1. The van der Waals surface area contributed by atoms with Gasteiger partial charge in [-0.3, -0.25) is 9.59 Å². The number of nitrogens with one attached hydrogen (secondary N) is 1. The molecule has 31 heavy (non-hydrogen) atoms. The summed E-state index contributed by atoms with van der Waals surface area (Å²) in [5.41, 5.74) is 1.91.